The number of ether oxygens (including phenoxy) is 1. The molecule has 2 aliphatic rings. The molecule has 34 heavy (non-hydrogen) atoms. The summed E-state index contributed by atoms with van der Waals surface area (Å²) in [6.07, 6.45) is 8.23. The fraction of sp³-hybridized carbons (Fsp3) is 0.583. The van der Waals surface area contributed by atoms with Crippen molar-refractivity contribution >= 4 is 33.8 Å². The van der Waals surface area contributed by atoms with E-state index < -0.39 is 16.2 Å². The summed E-state index contributed by atoms with van der Waals surface area (Å²) in [5.41, 5.74) is 1.48. The van der Waals surface area contributed by atoms with Crippen LogP contribution in [0.3, 0.4) is 0 Å². The molecule has 0 spiro atoms. The van der Waals surface area contributed by atoms with E-state index in [9.17, 15) is 18.0 Å². The number of nitrogens with one attached hydrogen (secondary N) is 1. The van der Waals surface area contributed by atoms with Crippen LogP contribution >= 0.6 is 0 Å². The van der Waals surface area contributed by atoms with E-state index in [0.29, 0.717) is 38.5 Å². The Bertz CT molecular complexity index is 950. The molecule has 1 amide bonds. The Morgan fingerprint density at radius 1 is 1.09 bits per heavy atom. The van der Waals surface area contributed by atoms with Crippen molar-refractivity contribution in [3.8, 4) is 0 Å². The lowest BCUT2D eigenvalue weighted by molar-refractivity contribution is -0.137. The molecule has 1 aliphatic carbocycles. The van der Waals surface area contributed by atoms with Gasteiger partial charge in [-0.05, 0) is 43.5 Å². The Labute approximate surface area is 202 Å². The fourth-order valence-corrected chi connectivity index (χ4v) is 5.95. The molecule has 1 aromatic rings. The maximum absolute atomic E-state index is 13.0. The van der Waals surface area contributed by atoms with Crippen molar-refractivity contribution in [1.82, 2.24) is 13.5 Å². The van der Waals surface area contributed by atoms with E-state index >= 15 is 0 Å². The van der Waals surface area contributed by atoms with Gasteiger partial charge in [0.25, 0.3) is 10.2 Å². The maximum atomic E-state index is 13.0. The molecule has 0 atom stereocenters. The number of hydrogen-bond acceptors (Lipinski definition) is 6. The third-order valence-electron chi connectivity index (χ3n) is 6.37. The summed E-state index contributed by atoms with van der Waals surface area (Å²) >= 11 is 0. The average Bonchev–Trinajstić information content (AvgIpc) is 2.84. The summed E-state index contributed by atoms with van der Waals surface area (Å²) in [5.74, 6) is -0.543. The van der Waals surface area contributed by atoms with E-state index in [-0.39, 0.29) is 18.5 Å². The summed E-state index contributed by atoms with van der Waals surface area (Å²) < 4.78 is 34.0. The van der Waals surface area contributed by atoms with Crippen LogP contribution in [-0.2, 0) is 24.5 Å². The van der Waals surface area contributed by atoms with E-state index in [2.05, 4.69) is 5.32 Å². The van der Waals surface area contributed by atoms with Gasteiger partial charge in [-0.2, -0.15) is 17.0 Å². The van der Waals surface area contributed by atoms with Gasteiger partial charge in [0.15, 0.2) is 0 Å². The quantitative estimate of drug-likeness (QED) is 0.420. The minimum absolute atomic E-state index is 0.0922. The molecule has 9 nitrogen and oxygen atoms in total. The number of carbonyl (C=O) groups excluding carboxylic acids is 2. The van der Waals surface area contributed by atoms with Gasteiger partial charge in [-0.25, -0.2) is 4.79 Å². The number of piperazine rings is 1. The molecule has 1 N–H and O–H groups in total. The molecule has 0 bridgehead atoms. The highest BCUT2D eigenvalue weighted by atomic mass is 32.2. The molecule has 0 radical (unpaired) electrons. The molecule has 1 saturated heterocycles. The largest absolute Gasteiger partial charge is 0.463 e. The van der Waals surface area contributed by atoms with Gasteiger partial charge >= 0.3 is 5.97 Å². The highest BCUT2D eigenvalue weighted by molar-refractivity contribution is 7.86. The number of nitrogens with zero attached hydrogens (tertiary/aromatic N) is 3. The number of benzene rings is 1. The van der Waals surface area contributed by atoms with Crippen LogP contribution in [-0.4, -0.2) is 86.2 Å². The molecule has 10 heteroatoms. The number of carbonyl (C=O) groups is 2. The Morgan fingerprint density at radius 2 is 1.74 bits per heavy atom. The van der Waals surface area contributed by atoms with Crippen molar-refractivity contribution in [3.05, 3.63) is 35.9 Å². The Kier molecular flexibility index (Phi) is 9.63. The van der Waals surface area contributed by atoms with Crippen molar-refractivity contribution in [1.29, 1.82) is 0 Å². The molecule has 1 saturated carbocycles. The highest BCUT2D eigenvalue weighted by Crippen LogP contribution is 2.25. The van der Waals surface area contributed by atoms with E-state index in [0.717, 1.165) is 31.2 Å². The van der Waals surface area contributed by atoms with Crippen LogP contribution in [0.4, 0.5) is 5.69 Å². The maximum Gasteiger partial charge on any atom is 0.330 e. The van der Waals surface area contributed by atoms with Crippen molar-refractivity contribution < 1.29 is 22.7 Å². The smallest absolute Gasteiger partial charge is 0.330 e. The molecule has 0 aromatic heterocycles. The van der Waals surface area contributed by atoms with Crippen molar-refractivity contribution in [3.63, 3.8) is 0 Å². The summed E-state index contributed by atoms with van der Waals surface area (Å²) in [5, 5.41) is 2.87. The van der Waals surface area contributed by atoms with E-state index in [1.54, 1.807) is 52.9 Å². The van der Waals surface area contributed by atoms with Gasteiger partial charge in [-0.15, -0.1) is 0 Å². The summed E-state index contributed by atoms with van der Waals surface area (Å²) in [6, 6.07) is 7.24. The molecule has 3 rings (SSSR count). The number of rotatable bonds is 9. The molecular weight excluding hydrogens is 456 g/mol. The Balaban J connectivity index is 1.44. The Hall–Kier alpha value is -2.27. The first-order valence-electron chi connectivity index (χ1n) is 12.0. The minimum atomic E-state index is -3.47. The second-order valence-corrected chi connectivity index (χ2v) is 10.7. The third kappa shape index (κ3) is 7.36. The summed E-state index contributed by atoms with van der Waals surface area (Å²) in [7, 11) is -1.78. The molecule has 1 aromatic carbocycles. The normalized spacial score (nSPS) is 18.9. The van der Waals surface area contributed by atoms with Crippen LogP contribution in [0.25, 0.3) is 6.08 Å². The van der Waals surface area contributed by atoms with Crippen LogP contribution < -0.4 is 5.32 Å². The third-order valence-corrected chi connectivity index (χ3v) is 8.41. The standard InChI is InChI=1S/C24H36N4O5S/c1-3-33-24(30)14-11-20-9-12-21(13-10-20)25-23(29)19-27-15-17-28(18-16-27)34(31,32)26(2)22-7-5-4-6-8-22/h9-14,22H,3-8,15-19H2,1-2H3,(H,25,29)/b14-11+. The summed E-state index contributed by atoms with van der Waals surface area (Å²) in [6.45, 7) is 4.09. The van der Waals surface area contributed by atoms with Gasteiger partial charge in [0.05, 0.1) is 13.2 Å². The molecule has 2 fully saturated rings. The Morgan fingerprint density at radius 3 is 2.35 bits per heavy atom. The van der Waals surface area contributed by atoms with E-state index in [1.165, 1.54) is 12.5 Å². The van der Waals surface area contributed by atoms with Crippen LogP contribution in [0, 0.1) is 0 Å². The second kappa shape index (κ2) is 12.4. The topological polar surface area (TPSA) is 99.3 Å². The summed E-state index contributed by atoms with van der Waals surface area (Å²) in [4.78, 5) is 25.8. The predicted molar refractivity (Wildman–Crippen MR) is 132 cm³/mol. The molecule has 1 heterocycles. The van der Waals surface area contributed by atoms with Crippen molar-refractivity contribution in [2.45, 2.75) is 45.1 Å². The first kappa shape index (κ1) is 26.3. The SMILES string of the molecule is CCOC(=O)/C=C/c1ccc(NC(=O)CN2CCN(S(=O)(=O)N(C)C3CCCCC3)CC2)cc1. The van der Waals surface area contributed by atoms with Gasteiger partial charge in [-0.3, -0.25) is 9.69 Å². The second-order valence-electron chi connectivity index (χ2n) is 8.75. The van der Waals surface area contributed by atoms with Gasteiger partial charge in [0, 0.05) is 51.0 Å². The lowest BCUT2D eigenvalue weighted by Crippen LogP contribution is -2.55. The van der Waals surface area contributed by atoms with Crippen molar-refractivity contribution in [2.24, 2.45) is 0 Å². The van der Waals surface area contributed by atoms with Crippen molar-refractivity contribution in [2.75, 3.05) is 51.7 Å². The number of hydrogen-bond donors (Lipinski definition) is 1. The minimum Gasteiger partial charge on any atom is -0.463 e. The van der Waals surface area contributed by atoms with Gasteiger partial charge < -0.3 is 10.1 Å². The van der Waals surface area contributed by atoms with Gasteiger partial charge in [0.1, 0.15) is 0 Å². The lowest BCUT2D eigenvalue weighted by Gasteiger charge is -2.38. The predicted octanol–water partition coefficient (Wildman–Crippen LogP) is 2.33. The zero-order valence-corrected chi connectivity index (χ0v) is 20.9. The van der Waals surface area contributed by atoms with Gasteiger partial charge in [-0.1, -0.05) is 31.4 Å². The van der Waals surface area contributed by atoms with E-state index in [1.807, 2.05) is 4.90 Å². The lowest BCUT2D eigenvalue weighted by atomic mass is 9.96. The zero-order chi connectivity index (χ0) is 24.6. The van der Waals surface area contributed by atoms with Gasteiger partial charge in [0.2, 0.25) is 5.91 Å². The van der Waals surface area contributed by atoms with Crippen LogP contribution in [0.1, 0.15) is 44.6 Å². The molecule has 1 aliphatic heterocycles. The zero-order valence-electron chi connectivity index (χ0n) is 20.1. The van der Waals surface area contributed by atoms with Crippen LogP contribution in [0.5, 0.6) is 0 Å². The average molecular weight is 493 g/mol. The van der Waals surface area contributed by atoms with E-state index in [4.69, 9.17) is 4.74 Å². The number of esters is 1. The fourth-order valence-electron chi connectivity index (χ4n) is 4.37. The number of amides is 1. The molecule has 188 valence electrons. The van der Waals surface area contributed by atoms with Crippen LogP contribution in [0.2, 0.25) is 0 Å². The monoisotopic (exact) mass is 492 g/mol. The first-order chi connectivity index (χ1) is 16.3. The highest BCUT2D eigenvalue weighted by Gasteiger charge is 2.34. The first-order valence-corrected chi connectivity index (χ1v) is 13.4. The number of anilines is 1. The molecular formula is C24H36N4O5S. The van der Waals surface area contributed by atoms with Crippen LogP contribution in [0.15, 0.2) is 30.3 Å². The molecule has 0 unspecified atom stereocenters.